The molecule has 0 saturated heterocycles. The molecular formula is C10H16N2O. The number of nitrogens with one attached hydrogen (secondary N) is 2. The lowest BCUT2D eigenvalue weighted by Gasteiger charge is -2.02. The molecule has 2 N–H and O–H groups in total. The van der Waals surface area contributed by atoms with Gasteiger partial charge in [-0.1, -0.05) is 6.92 Å². The summed E-state index contributed by atoms with van der Waals surface area (Å²) >= 11 is 0. The summed E-state index contributed by atoms with van der Waals surface area (Å²) < 4.78 is 0. The van der Waals surface area contributed by atoms with Gasteiger partial charge in [-0.25, -0.2) is 0 Å². The number of aromatic nitrogens is 1. The Morgan fingerprint density at radius 1 is 1.62 bits per heavy atom. The molecule has 1 heterocycles. The van der Waals surface area contributed by atoms with Crippen molar-refractivity contribution in [1.82, 2.24) is 10.5 Å². The van der Waals surface area contributed by atoms with Gasteiger partial charge in [-0.15, -0.1) is 0 Å². The number of rotatable bonds is 3. The zero-order valence-electron chi connectivity index (χ0n) is 8.18. The third-order valence-electron chi connectivity index (χ3n) is 2.68. The summed E-state index contributed by atoms with van der Waals surface area (Å²) in [7, 11) is 1.65. The first-order valence-corrected chi connectivity index (χ1v) is 4.75. The third kappa shape index (κ3) is 1.62. The van der Waals surface area contributed by atoms with E-state index in [9.17, 15) is 0 Å². The number of hydrogen-bond acceptors (Lipinski definition) is 2. The molecule has 1 atom stereocenters. The summed E-state index contributed by atoms with van der Waals surface area (Å²) in [4.78, 5) is 8.17. The standard InChI is InChI=1S/C10H16N2O/c1-7-3-9-8(6-12-13-2)5-11-10(9)4-7/h5,7,11-12H,3-4,6H2,1-2H3. The molecule has 0 saturated carbocycles. The normalized spacial score (nSPS) is 20.6. The minimum Gasteiger partial charge on any atom is -0.364 e. The molecule has 13 heavy (non-hydrogen) atoms. The minimum absolute atomic E-state index is 0.795. The van der Waals surface area contributed by atoms with E-state index in [2.05, 4.69) is 23.6 Å². The van der Waals surface area contributed by atoms with Gasteiger partial charge in [-0.05, 0) is 29.9 Å². The molecule has 1 aliphatic rings. The summed E-state index contributed by atoms with van der Waals surface area (Å²) in [5.41, 5.74) is 7.14. The molecule has 1 unspecified atom stereocenters. The quantitative estimate of drug-likeness (QED) is 0.690. The van der Waals surface area contributed by atoms with E-state index in [4.69, 9.17) is 4.84 Å². The van der Waals surface area contributed by atoms with E-state index in [1.807, 2.05) is 0 Å². The summed E-state index contributed by atoms with van der Waals surface area (Å²) in [6, 6.07) is 0. The molecule has 0 spiro atoms. The highest BCUT2D eigenvalue weighted by Crippen LogP contribution is 2.28. The van der Waals surface area contributed by atoms with Crippen LogP contribution in [0.25, 0.3) is 0 Å². The van der Waals surface area contributed by atoms with Crippen LogP contribution in [0.5, 0.6) is 0 Å². The van der Waals surface area contributed by atoms with Gasteiger partial charge in [0.15, 0.2) is 0 Å². The number of hydroxylamine groups is 1. The Labute approximate surface area is 78.4 Å². The lowest BCUT2D eigenvalue weighted by molar-refractivity contribution is 0.0865. The predicted molar refractivity (Wildman–Crippen MR) is 51.2 cm³/mol. The molecule has 1 aromatic rings. The smallest absolute Gasteiger partial charge is 0.0572 e. The lowest BCUT2D eigenvalue weighted by atomic mass is 10.1. The van der Waals surface area contributed by atoms with Gasteiger partial charge < -0.3 is 9.82 Å². The van der Waals surface area contributed by atoms with Gasteiger partial charge in [0.1, 0.15) is 0 Å². The zero-order valence-corrected chi connectivity index (χ0v) is 8.18. The maximum atomic E-state index is 4.84. The second-order valence-corrected chi connectivity index (χ2v) is 3.81. The average molecular weight is 180 g/mol. The Hall–Kier alpha value is -0.800. The summed E-state index contributed by atoms with van der Waals surface area (Å²) in [6.07, 6.45) is 4.49. The molecule has 1 aromatic heterocycles. The summed E-state index contributed by atoms with van der Waals surface area (Å²) in [5.74, 6) is 0.795. The second-order valence-electron chi connectivity index (χ2n) is 3.81. The Morgan fingerprint density at radius 2 is 2.46 bits per heavy atom. The van der Waals surface area contributed by atoms with Crippen molar-refractivity contribution in [2.24, 2.45) is 5.92 Å². The fourth-order valence-electron chi connectivity index (χ4n) is 2.06. The van der Waals surface area contributed by atoms with Crippen molar-refractivity contribution in [2.75, 3.05) is 7.11 Å². The van der Waals surface area contributed by atoms with Crippen LogP contribution in [0.2, 0.25) is 0 Å². The van der Waals surface area contributed by atoms with E-state index in [0.717, 1.165) is 12.5 Å². The van der Waals surface area contributed by atoms with Crippen LogP contribution >= 0.6 is 0 Å². The number of aromatic amines is 1. The van der Waals surface area contributed by atoms with Crippen LogP contribution in [0.3, 0.4) is 0 Å². The number of fused-ring (bicyclic) bond motifs is 1. The largest absolute Gasteiger partial charge is 0.364 e. The maximum absolute atomic E-state index is 4.84. The van der Waals surface area contributed by atoms with E-state index in [1.54, 1.807) is 7.11 Å². The van der Waals surface area contributed by atoms with E-state index in [0.29, 0.717) is 0 Å². The highest BCUT2D eigenvalue weighted by Gasteiger charge is 2.21. The first kappa shape index (κ1) is 8.78. The van der Waals surface area contributed by atoms with Gasteiger partial charge in [0.25, 0.3) is 0 Å². The molecule has 0 aliphatic heterocycles. The van der Waals surface area contributed by atoms with Crippen molar-refractivity contribution < 1.29 is 4.84 Å². The molecule has 2 rings (SSSR count). The molecule has 0 fully saturated rings. The van der Waals surface area contributed by atoms with Crippen molar-refractivity contribution in [3.05, 3.63) is 23.0 Å². The van der Waals surface area contributed by atoms with E-state index < -0.39 is 0 Å². The second kappa shape index (κ2) is 3.52. The van der Waals surface area contributed by atoms with Crippen LogP contribution in [0.4, 0.5) is 0 Å². The average Bonchev–Trinajstić information content (AvgIpc) is 2.61. The number of hydrogen-bond donors (Lipinski definition) is 2. The Balaban J connectivity index is 2.11. The van der Waals surface area contributed by atoms with Gasteiger partial charge in [-0.2, -0.15) is 5.48 Å². The van der Waals surface area contributed by atoms with E-state index in [-0.39, 0.29) is 0 Å². The molecule has 0 amide bonds. The molecule has 0 bridgehead atoms. The fourth-order valence-corrected chi connectivity index (χ4v) is 2.06. The molecule has 3 heteroatoms. The summed E-state index contributed by atoms with van der Waals surface area (Å²) in [6.45, 7) is 3.09. The fraction of sp³-hybridized carbons (Fsp3) is 0.600. The lowest BCUT2D eigenvalue weighted by Crippen LogP contribution is -2.11. The number of H-pyrrole nitrogens is 1. The van der Waals surface area contributed by atoms with Crippen LogP contribution in [-0.2, 0) is 24.2 Å². The molecule has 0 aromatic carbocycles. The highest BCUT2D eigenvalue weighted by molar-refractivity contribution is 5.35. The summed E-state index contributed by atoms with van der Waals surface area (Å²) in [5, 5.41) is 0. The van der Waals surface area contributed by atoms with Crippen LogP contribution in [-0.4, -0.2) is 12.1 Å². The monoisotopic (exact) mass is 180 g/mol. The van der Waals surface area contributed by atoms with Gasteiger partial charge in [0.2, 0.25) is 0 Å². The van der Waals surface area contributed by atoms with Crippen LogP contribution < -0.4 is 5.48 Å². The van der Waals surface area contributed by atoms with Gasteiger partial charge in [-0.3, -0.25) is 0 Å². The first-order chi connectivity index (χ1) is 6.31. The van der Waals surface area contributed by atoms with Gasteiger partial charge in [0, 0.05) is 18.4 Å². The molecule has 3 nitrogen and oxygen atoms in total. The van der Waals surface area contributed by atoms with Crippen molar-refractivity contribution in [3.8, 4) is 0 Å². The van der Waals surface area contributed by atoms with Gasteiger partial charge >= 0.3 is 0 Å². The SMILES string of the molecule is CONCc1c[nH]c2c1CC(C)C2. The van der Waals surface area contributed by atoms with Gasteiger partial charge in [0.05, 0.1) is 7.11 Å². The zero-order chi connectivity index (χ0) is 9.26. The van der Waals surface area contributed by atoms with E-state index >= 15 is 0 Å². The van der Waals surface area contributed by atoms with Crippen LogP contribution in [0.1, 0.15) is 23.7 Å². The maximum Gasteiger partial charge on any atom is 0.0572 e. The Kier molecular flexibility index (Phi) is 2.38. The highest BCUT2D eigenvalue weighted by atomic mass is 16.6. The van der Waals surface area contributed by atoms with Crippen LogP contribution in [0.15, 0.2) is 6.20 Å². The topological polar surface area (TPSA) is 37.0 Å². The van der Waals surface area contributed by atoms with Crippen molar-refractivity contribution in [2.45, 2.75) is 26.3 Å². The Morgan fingerprint density at radius 3 is 3.23 bits per heavy atom. The van der Waals surface area contributed by atoms with Crippen LogP contribution in [0, 0.1) is 5.92 Å². The molecule has 72 valence electrons. The van der Waals surface area contributed by atoms with E-state index in [1.165, 1.54) is 29.7 Å². The third-order valence-corrected chi connectivity index (χ3v) is 2.68. The Bertz CT molecular complexity index is 293. The first-order valence-electron chi connectivity index (χ1n) is 4.75. The van der Waals surface area contributed by atoms with Crippen molar-refractivity contribution >= 4 is 0 Å². The molecular weight excluding hydrogens is 164 g/mol. The predicted octanol–water partition coefficient (Wildman–Crippen LogP) is 1.40. The molecule has 1 aliphatic carbocycles. The van der Waals surface area contributed by atoms with Crippen molar-refractivity contribution in [1.29, 1.82) is 0 Å². The molecule has 0 radical (unpaired) electrons. The van der Waals surface area contributed by atoms with Crippen molar-refractivity contribution in [3.63, 3.8) is 0 Å². The minimum atomic E-state index is 0.795.